The second-order valence-corrected chi connectivity index (χ2v) is 7.20. The van der Waals surface area contributed by atoms with Crippen molar-refractivity contribution >= 4 is 23.4 Å². The fourth-order valence-electron chi connectivity index (χ4n) is 3.17. The van der Waals surface area contributed by atoms with Gasteiger partial charge in [0.05, 0.1) is 5.75 Å². The molecule has 0 unspecified atom stereocenters. The van der Waals surface area contributed by atoms with Crippen LogP contribution in [0.3, 0.4) is 0 Å². The standard InChI is InChI=1S/C20H18N4O2S/c25-17(24-12-6-10-14-7-4-5-11-16(14)24)13-27-20-21-19(26)18(22-23-20)15-8-2-1-3-9-15/h1-5,7-9,11H,6,10,12-13H2,(H,21,23,26). The van der Waals surface area contributed by atoms with Crippen molar-refractivity contribution in [2.75, 3.05) is 17.2 Å². The number of fused-ring (bicyclic) bond motifs is 1. The molecular formula is C20H18N4O2S. The lowest BCUT2D eigenvalue weighted by molar-refractivity contribution is -0.116. The molecule has 3 aromatic rings. The molecule has 1 N–H and O–H groups in total. The van der Waals surface area contributed by atoms with Gasteiger partial charge < -0.3 is 4.90 Å². The number of aromatic nitrogens is 3. The number of nitrogens with zero attached hydrogens (tertiary/aromatic N) is 3. The number of para-hydroxylation sites is 1. The number of aryl methyl sites for hydroxylation is 1. The summed E-state index contributed by atoms with van der Waals surface area (Å²) in [5, 5.41) is 8.45. The van der Waals surface area contributed by atoms with Gasteiger partial charge in [0.25, 0.3) is 5.56 Å². The molecule has 1 aliphatic rings. The molecule has 0 radical (unpaired) electrons. The molecule has 0 fully saturated rings. The van der Waals surface area contributed by atoms with Crippen LogP contribution in [-0.4, -0.2) is 33.4 Å². The zero-order valence-electron chi connectivity index (χ0n) is 14.6. The molecule has 2 heterocycles. The number of hydrogen-bond acceptors (Lipinski definition) is 5. The van der Waals surface area contributed by atoms with Crippen molar-refractivity contribution in [3.8, 4) is 11.3 Å². The van der Waals surface area contributed by atoms with Crippen molar-refractivity contribution in [3.63, 3.8) is 0 Å². The molecule has 2 aromatic carbocycles. The maximum atomic E-state index is 12.7. The van der Waals surface area contributed by atoms with Gasteiger partial charge in [-0.3, -0.25) is 14.6 Å². The minimum absolute atomic E-state index is 0.00179. The number of aromatic amines is 1. The van der Waals surface area contributed by atoms with Gasteiger partial charge in [-0.05, 0) is 24.5 Å². The number of amides is 1. The van der Waals surface area contributed by atoms with Gasteiger partial charge in [0, 0.05) is 17.8 Å². The largest absolute Gasteiger partial charge is 0.311 e. The average molecular weight is 378 g/mol. The van der Waals surface area contributed by atoms with E-state index in [1.807, 2.05) is 53.4 Å². The van der Waals surface area contributed by atoms with Crippen LogP contribution in [0.2, 0.25) is 0 Å². The van der Waals surface area contributed by atoms with E-state index in [0.717, 1.165) is 18.5 Å². The van der Waals surface area contributed by atoms with Crippen LogP contribution in [0, 0.1) is 0 Å². The van der Waals surface area contributed by atoms with Gasteiger partial charge in [-0.15, -0.1) is 10.2 Å². The van der Waals surface area contributed by atoms with Gasteiger partial charge >= 0.3 is 0 Å². The predicted octanol–water partition coefficient (Wildman–Crippen LogP) is 2.90. The van der Waals surface area contributed by atoms with Crippen LogP contribution >= 0.6 is 11.8 Å². The average Bonchev–Trinajstić information content (AvgIpc) is 2.72. The Bertz CT molecular complexity index is 1020. The summed E-state index contributed by atoms with van der Waals surface area (Å²) < 4.78 is 0. The minimum atomic E-state index is -0.311. The lowest BCUT2D eigenvalue weighted by Crippen LogP contribution is -2.36. The summed E-state index contributed by atoms with van der Waals surface area (Å²) in [5.74, 6) is 0.200. The Hall–Kier alpha value is -2.93. The van der Waals surface area contributed by atoms with Crippen LogP contribution in [0.5, 0.6) is 0 Å². The van der Waals surface area contributed by atoms with E-state index in [1.54, 1.807) is 0 Å². The van der Waals surface area contributed by atoms with E-state index in [-0.39, 0.29) is 22.9 Å². The van der Waals surface area contributed by atoms with E-state index in [2.05, 4.69) is 21.2 Å². The van der Waals surface area contributed by atoms with Crippen LogP contribution < -0.4 is 10.5 Å². The molecule has 1 aliphatic heterocycles. The molecule has 0 bridgehead atoms. The summed E-state index contributed by atoms with van der Waals surface area (Å²) in [6, 6.07) is 17.2. The van der Waals surface area contributed by atoms with Crippen molar-refractivity contribution in [2.45, 2.75) is 18.0 Å². The summed E-state index contributed by atoms with van der Waals surface area (Å²) in [6.45, 7) is 0.714. The second-order valence-electron chi connectivity index (χ2n) is 6.24. The van der Waals surface area contributed by atoms with Crippen LogP contribution in [0.1, 0.15) is 12.0 Å². The summed E-state index contributed by atoms with van der Waals surface area (Å²) in [5.41, 5.74) is 2.85. The molecule has 7 heteroatoms. The number of rotatable bonds is 4. The quantitative estimate of drug-likeness (QED) is 0.706. The summed E-state index contributed by atoms with van der Waals surface area (Å²) in [6.07, 6.45) is 1.95. The summed E-state index contributed by atoms with van der Waals surface area (Å²) in [4.78, 5) is 29.5. The molecule has 1 aromatic heterocycles. The van der Waals surface area contributed by atoms with Crippen LogP contribution in [0.15, 0.2) is 64.5 Å². The Morgan fingerprint density at radius 3 is 2.67 bits per heavy atom. The zero-order chi connectivity index (χ0) is 18.6. The SMILES string of the molecule is O=C(CSc1nnc(-c2ccccc2)c(=O)[nH]1)N1CCCc2ccccc21. The number of nitrogens with one attached hydrogen (secondary N) is 1. The third-order valence-corrected chi connectivity index (χ3v) is 5.32. The maximum absolute atomic E-state index is 12.7. The normalized spacial score (nSPS) is 13.3. The molecule has 136 valence electrons. The van der Waals surface area contributed by atoms with E-state index in [1.165, 1.54) is 17.3 Å². The van der Waals surface area contributed by atoms with Crippen molar-refractivity contribution < 1.29 is 4.79 Å². The van der Waals surface area contributed by atoms with Gasteiger partial charge in [-0.2, -0.15) is 0 Å². The third-order valence-electron chi connectivity index (χ3n) is 4.47. The van der Waals surface area contributed by atoms with E-state index in [9.17, 15) is 9.59 Å². The van der Waals surface area contributed by atoms with Gasteiger partial charge in [-0.1, -0.05) is 60.3 Å². The highest BCUT2D eigenvalue weighted by Crippen LogP contribution is 2.27. The number of benzene rings is 2. The van der Waals surface area contributed by atoms with E-state index in [0.29, 0.717) is 17.3 Å². The molecular weight excluding hydrogens is 360 g/mol. The lowest BCUT2D eigenvalue weighted by Gasteiger charge is -2.29. The summed E-state index contributed by atoms with van der Waals surface area (Å²) in [7, 11) is 0. The smallest absolute Gasteiger partial charge is 0.278 e. The molecule has 0 atom stereocenters. The topological polar surface area (TPSA) is 79.0 Å². The van der Waals surface area contributed by atoms with Crippen molar-refractivity contribution in [3.05, 3.63) is 70.5 Å². The van der Waals surface area contributed by atoms with Gasteiger partial charge in [-0.25, -0.2) is 0 Å². The molecule has 6 nitrogen and oxygen atoms in total. The predicted molar refractivity (Wildman–Crippen MR) is 106 cm³/mol. The van der Waals surface area contributed by atoms with Gasteiger partial charge in [0.15, 0.2) is 10.9 Å². The highest BCUT2D eigenvalue weighted by molar-refractivity contribution is 7.99. The Balaban J connectivity index is 1.46. The number of carbonyl (C=O) groups excluding carboxylic acids is 1. The fourth-order valence-corrected chi connectivity index (χ4v) is 3.85. The van der Waals surface area contributed by atoms with Crippen LogP contribution in [0.4, 0.5) is 5.69 Å². The van der Waals surface area contributed by atoms with Crippen molar-refractivity contribution in [1.82, 2.24) is 15.2 Å². The number of hydrogen-bond donors (Lipinski definition) is 1. The number of H-pyrrole nitrogens is 1. The monoisotopic (exact) mass is 378 g/mol. The zero-order valence-corrected chi connectivity index (χ0v) is 15.4. The molecule has 0 saturated heterocycles. The molecule has 1 amide bonds. The Morgan fingerprint density at radius 2 is 1.85 bits per heavy atom. The fraction of sp³-hybridized carbons (Fsp3) is 0.200. The first-order chi connectivity index (χ1) is 13.2. The highest BCUT2D eigenvalue weighted by Gasteiger charge is 2.22. The number of anilines is 1. The number of thioether (sulfide) groups is 1. The van der Waals surface area contributed by atoms with Gasteiger partial charge in [0.2, 0.25) is 5.91 Å². The first kappa shape index (κ1) is 17.5. The first-order valence-corrected chi connectivity index (χ1v) is 9.74. The molecule has 4 rings (SSSR count). The Kier molecular flexibility index (Phi) is 5.02. The maximum Gasteiger partial charge on any atom is 0.278 e. The molecule has 0 spiro atoms. The third kappa shape index (κ3) is 3.78. The molecule has 27 heavy (non-hydrogen) atoms. The minimum Gasteiger partial charge on any atom is -0.311 e. The Labute approximate surface area is 160 Å². The first-order valence-electron chi connectivity index (χ1n) is 8.76. The highest BCUT2D eigenvalue weighted by atomic mass is 32.2. The number of carbonyl (C=O) groups is 1. The Morgan fingerprint density at radius 1 is 1.07 bits per heavy atom. The van der Waals surface area contributed by atoms with Crippen LogP contribution in [-0.2, 0) is 11.2 Å². The molecule has 0 saturated carbocycles. The van der Waals surface area contributed by atoms with Crippen LogP contribution in [0.25, 0.3) is 11.3 Å². The molecule has 0 aliphatic carbocycles. The van der Waals surface area contributed by atoms with E-state index in [4.69, 9.17) is 0 Å². The van der Waals surface area contributed by atoms with Gasteiger partial charge in [0.1, 0.15) is 0 Å². The van der Waals surface area contributed by atoms with E-state index < -0.39 is 0 Å². The second kappa shape index (κ2) is 7.75. The summed E-state index contributed by atoms with van der Waals surface area (Å²) >= 11 is 1.19. The lowest BCUT2D eigenvalue weighted by atomic mass is 10.0. The van der Waals surface area contributed by atoms with Crippen molar-refractivity contribution in [2.24, 2.45) is 0 Å². The van der Waals surface area contributed by atoms with E-state index >= 15 is 0 Å². The van der Waals surface area contributed by atoms with Crippen molar-refractivity contribution in [1.29, 1.82) is 0 Å².